The molecule has 2 aromatic heterocycles. The number of hydrogen-bond donors (Lipinski definition) is 0. The molecule has 2 nitrogen and oxygen atoms in total. The Kier molecular flexibility index (Phi) is 3.70. The van der Waals surface area contributed by atoms with Gasteiger partial charge in [-0.2, -0.15) is 13.2 Å². The van der Waals surface area contributed by atoms with Gasteiger partial charge in [0.2, 0.25) is 0 Å². The molecule has 22 heavy (non-hydrogen) atoms. The average molecular weight is 320 g/mol. The molecule has 0 saturated carbocycles. The van der Waals surface area contributed by atoms with Crippen LogP contribution in [-0.2, 0) is 6.18 Å². The van der Waals surface area contributed by atoms with Gasteiger partial charge in [-0.05, 0) is 30.7 Å². The Morgan fingerprint density at radius 3 is 2.41 bits per heavy atom. The summed E-state index contributed by atoms with van der Waals surface area (Å²) in [6.45, 7) is 1.97. The van der Waals surface area contributed by atoms with Gasteiger partial charge in [0, 0.05) is 28.9 Å². The fourth-order valence-corrected chi connectivity index (χ4v) is 2.89. The third-order valence-electron chi connectivity index (χ3n) is 3.28. The molecular weight excluding hydrogens is 309 g/mol. The van der Waals surface area contributed by atoms with Crippen molar-refractivity contribution in [1.82, 2.24) is 9.97 Å². The number of thiazole rings is 1. The van der Waals surface area contributed by atoms with Crippen molar-refractivity contribution in [3.63, 3.8) is 0 Å². The SMILES string of the molecule is Cc1ccncc1-c1csc(-c2ccc(C(F)(F)F)cc2)n1. The molecule has 0 N–H and O–H groups in total. The summed E-state index contributed by atoms with van der Waals surface area (Å²) in [5, 5.41) is 2.57. The largest absolute Gasteiger partial charge is 0.416 e. The number of halogens is 3. The molecule has 0 fully saturated rings. The molecular formula is C16H11F3N2S. The standard InChI is InChI=1S/C16H11F3N2S/c1-10-6-7-20-8-13(10)14-9-22-15(21-14)11-2-4-12(5-3-11)16(17,18)19/h2-9H,1H3. The Morgan fingerprint density at radius 2 is 1.77 bits per heavy atom. The molecule has 2 heterocycles. The maximum absolute atomic E-state index is 12.6. The number of aromatic nitrogens is 2. The first-order chi connectivity index (χ1) is 10.4. The number of alkyl halides is 3. The fourth-order valence-electron chi connectivity index (χ4n) is 2.06. The Balaban J connectivity index is 1.93. The lowest BCUT2D eigenvalue weighted by molar-refractivity contribution is -0.137. The van der Waals surface area contributed by atoms with Crippen molar-refractivity contribution >= 4 is 11.3 Å². The second-order valence-electron chi connectivity index (χ2n) is 4.80. The summed E-state index contributed by atoms with van der Waals surface area (Å²) in [4.78, 5) is 8.58. The van der Waals surface area contributed by atoms with Crippen LogP contribution in [0, 0.1) is 6.92 Å². The minimum Gasteiger partial charge on any atom is -0.264 e. The predicted octanol–water partition coefficient (Wildman–Crippen LogP) is 5.20. The summed E-state index contributed by atoms with van der Waals surface area (Å²) < 4.78 is 37.7. The van der Waals surface area contributed by atoms with Crippen molar-refractivity contribution < 1.29 is 13.2 Å². The first-order valence-electron chi connectivity index (χ1n) is 6.49. The number of rotatable bonds is 2. The molecule has 1 aromatic carbocycles. The summed E-state index contributed by atoms with van der Waals surface area (Å²) in [5.41, 5.74) is 2.78. The second-order valence-corrected chi connectivity index (χ2v) is 5.66. The highest BCUT2D eigenvalue weighted by Gasteiger charge is 2.30. The van der Waals surface area contributed by atoms with E-state index < -0.39 is 11.7 Å². The monoisotopic (exact) mass is 320 g/mol. The number of benzene rings is 1. The highest BCUT2D eigenvalue weighted by Crippen LogP contribution is 2.33. The van der Waals surface area contributed by atoms with Gasteiger partial charge < -0.3 is 0 Å². The van der Waals surface area contributed by atoms with Crippen LogP contribution in [0.15, 0.2) is 48.1 Å². The van der Waals surface area contributed by atoms with Crippen LogP contribution in [0.1, 0.15) is 11.1 Å². The highest BCUT2D eigenvalue weighted by atomic mass is 32.1. The van der Waals surface area contributed by atoms with E-state index in [1.165, 1.54) is 23.5 Å². The van der Waals surface area contributed by atoms with E-state index in [2.05, 4.69) is 9.97 Å². The van der Waals surface area contributed by atoms with Crippen LogP contribution >= 0.6 is 11.3 Å². The van der Waals surface area contributed by atoms with Gasteiger partial charge in [0.1, 0.15) is 5.01 Å². The van der Waals surface area contributed by atoms with E-state index in [0.29, 0.717) is 10.6 Å². The van der Waals surface area contributed by atoms with Crippen molar-refractivity contribution in [2.45, 2.75) is 13.1 Å². The summed E-state index contributed by atoms with van der Waals surface area (Å²) in [7, 11) is 0. The maximum atomic E-state index is 12.6. The smallest absolute Gasteiger partial charge is 0.264 e. The quantitative estimate of drug-likeness (QED) is 0.648. The number of pyridine rings is 1. The summed E-state index contributed by atoms with van der Waals surface area (Å²) in [5.74, 6) is 0. The van der Waals surface area contributed by atoms with Gasteiger partial charge in [-0.25, -0.2) is 4.98 Å². The third-order valence-corrected chi connectivity index (χ3v) is 4.17. The van der Waals surface area contributed by atoms with Crippen molar-refractivity contribution in [3.05, 3.63) is 59.2 Å². The van der Waals surface area contributed by atoms with Crippen molar-refractivity contribution in [3.8, 4) is 21.8 Å². The minimum atomic E-state index is -4.32. The zero-order chi connectivity index (χ0) is 15.7. The molecule has 0 aliphatic rings. The molecule has 0 spiro atoms. The molecule has 3 rings (SSSR count). The van der Waals surface area contributed by atoms with Crippen LogP contribution in [0.5, 0.6) is 0 Å². The van der Waals surface area contributed by atoms with Gasteiger partial charge in [-0.1, -0.05) is 12.1 Å². The van der Waals surface area contributed by atoms with E-state index in [0.717, 1.165) is 29.0 Å². The first kappa shape index (κ1) is 14.7. The van der Waals surface area contributed by atoms with E-state index >= 15 is 0 Å². The van der Waals surface area contributed by atoms with Crippen LogP contribution in [0.25, 0.3) is 21.8 Å². The van der Waals surface area contributed by atoms with Crippen molar-refractivity contribution in [2.24, 2.45) is 0 Å². The van der Waals surface area contributed by atoms with E-state index in [1.807, 2.05) is 18.4 Å². The Morgan fingerprint density at radius 1 is 1.05 bits per heavy atom. The first-order valence-corrected chi connectivity index (χ1v) is 7.37. The molecule has 6 heteroatoms. The average Bonchev–Trinajstić information content (AvgIpc) is 2.96. The Hall–Kier alpha value is -2.21. The zero-order valence-corrected chi connectivity index (χ0v) is 12.4. The lowest BCUT2D eigenvalue weighted by atomic mass is 10.1. The number of aryl methyl sites for hydroxylation is 1. The van der Waals surface area contributed by atoms with Crippen molar-refractivity contribution in [1.29, 1.82) is 0 Å². The highest BCUT2D eigenvalue weighted by molar-refractivity contribution is 7.13. The van der Waals surface area contributed by atoms with Gasteiger partial charge in [0.25, 0.3) is 0 Å². The summed E-state index contributed by atoms with van der Waals surface area (Å²) in [6, 6.07) is 6.94. The van der Waals surface area contributed by atoms with Crippen LogP contribution in [0.4, 0.5) is 13.2 Å². The molecule has 0 amide bonds. The zero-order valence-electron chi connectivity index (χ0n) is 11.6. The molecule has 0 bridgehead atoms. The number of hydrogen-bond acceptors (Lipinski definition) is 3. The van der Waals surface area contributed by atoms with Gasteiger partial charge in [0.05, 0.1) is 11.3 Å². The molecule has 0 saturated heterocycles. The number of nitrogens with zero attached hydrogens (tertiary/aromatic N) is 2. The summed E-state index contributed by atoms with van der Waals surface area (Å²) >= 11 is 1.40. The van der Waals surface area contributed by atoms with E-state index in [9.17, 15) is 13.2 Å². The van der Waals surface area contributed by atoms with Gasteiger partial charge in [0.15, 0.2) is 0 Å². The fraction of sp³-hybridized carbons (Fsp3) is 0.125. The van der Waals surface area contributed by atoms with Crippen LogP contribution in [0.2, 0.25) is 0 Å². The molecule has 0 atom stereocenters. The minimum absolute atomic E-state index is 0.656. The summed E-state index contributed by atoms with van der Waals surface area (Å²) in [6.07, 6.45) is -0.873. The molecule has 0 unspecified atom stereocenters. The third kappa shape index (κ3) is 2.87. The van der Waals surface area contributed by atoms with Gasteiger partial charge in [-0.15, -0.1) is 11.3 Å². The molecule has 3 aromatic rings. The topological polar surface area (TPSA) is 25.8 Å². The van der Waals surface area contributed by atoms with Gasteiger partial charge >= 0.3 is 6.18 Å². The Labute approximate surface area is 129 Å². The maximum Gasteiger partial charge on any atom is 0.416 e. The van der Waals surface area contributed by atoms with Crippen LogP contribution in [-0.4, -0.2) is 9.97 Å². The van der Waals surface area contributed by atoms with E-state index in [-0.39, 0.29) is 0 Å². The van der Waals surface area contributed by atoms with Gasteiger partial charge in [-0.3, -0.25) is 4.98 Å². The van der Waals surface area contributed by atoms with Crippen molar-refractivity contribution in [2.75, 3.05) is 0 Å². The lowest BCUT2D eigenvalue weighted by Gasteiger charge is -2.06. The van der Waals surface area contributed by atoms with Crippen LogP contribution < -0.4 is 0 Å². The second kappa shape index (κ2) is 5.53. The lowest BCUT2D eigenvalue weighted by Crippen LogP contribution is -2.03. The van der Waals surface area contributed by atoms with E-state index in [4.69, 9.17) is 0 Å². The molecule has 0 aliphatic carbocycles. The molecule has 0 radical (unpaired) electrons. The predicted molar refractivity (Wildman–Crippen MR) is 80.5 cm³/mol. The Bertz CT molecular complexity index is 792. The van der Waals surface area contributed by atoms with E-state index in [1.54, 1.807) is 12.4 Å². The molecule has 112 valence electrons. The molecule has 0 aliphatic heterocycles. The van der Waals surface area contributed by atoms with Crippen LogP contribution in [0.3, 0.4) is 0 Å². The normalized spacial score (nSPS) is 11.6.